The Labute approximate surface area is 55.7 Å². The lowest BCUT2D eigenvalue weighted by Gasteiger charge is -1.99. The summed E-state index contributed by atoms with van der Waals surface area (Å²) < 4.78 is 26.7. The minimum absolute atomic E-state index is 0.200. The Kier molecular flexibility index (Phi) is 2.09. The van der Waals surface area contributed by atoms with Crippen molar-refractivity contribution in [2.75, 3.05) is 0 Å². The van der Waals surface area contributed by atoms with Gasteiger partial charge in [-0.05, 0) is 0 Å². The number of alkyl halides is 2. The number of rotatable bonds is 2. The van der Waals surface area contributed by atoms with Crippen molar-refractivity contribution < 1.29 is 13.5 Å². The van der Waals surface area contributed by atoms with Crippen molar-refractivity contribution in [1.29, 1.82) is 0 Å². The van der Waals surface area contributed by atoms with Crippen molar-refractivity contribution in [1.82, 2.24) is 9.97 Å². The quantitative estimate of drug-likeness (QED) is 0.619. The lowest BCUT2D eigenvalue weighted by Crippen LogP contribution is -2.03. The summed E-state index contributed by atoms with van der Waals surface area (Å²) in [4.78, 5) is 6.79. The molecule has 0 unspecified atom stereocenters. The number of nitrogens with zero attached hydrogens (tertiary/aromatic N) is 2. The molecule has 0 aliphatic carbocycles. The highest BCUT2D eigenvalue weighted by Crippen LogP contribution is 2.05. The van der Waals surface area contributed by atoms with Crippen molar-refractivity contribution in [3.63, 3.8) is 0 Å². The van der Waals surface area contributed by atoms with Gasteiger partial charge in [0.05, 0.1) is 12.4 Å². The van der Waals surface area contributed by atoms with E-state index in [9.17, 15) is 8.78 Å². The molecular formula is C5H3F2N2O. The first-order valence-electron chi connectivity index (χ1n) is 2.42. The van der Waals surface area contributed by atoms with E-state index in [-0.39, 0.29) is 5.88 Å². The topological polar surface area (TPSA) is 35.0 Å². The summed E-state index contributed by atoms with van der Waals surface area (Å²) in [6, 6.07) is 0. The fourth-order valence-electron chi connectivity index (χ4n) is 0.404. The lowest BCUT2D eigenvalue weighted by atomic mass is 10.7. The summed E-state index contributed by atoms with van der Waals surface area (Å²) in [6.45, 7) is -2.85. The van der Waals surface area contributed by atoms with Gasteiger partial charge in [0.2, 0.25) is 5.88 Å². The van der Waals surface area contributed by atoms with Crippen LogP contribution in [-0.4, -0.2) is 16.6 Å². The smallest absolute Gasteiger partial charge is 0.388 e. The maximum Gasteiger partial charge on any atom is 0.388 e. The lowest BCUT2D eigenvalue weighted by molar-refractivity contribution is -0.0531. The molecule has 0 fully saturated rings. The maximum absolute atomic E-state index is 11.4. The zero-order chi connectivity index (χ0) is 7.40. The van der Waals surface area contributed by atoms with Crippen molar-refractivity contribution >= 4 is 0 Å². The molecule has 53 valence electrons. The zero-order valence-corrected chi connectivity index (χ0v) is 4.79. The highest BCUT2D eigenvalue weighted by Gasteiger charge is 2.03. The van der Waals surface area contributed by atoms with E-state index >= 15 is 0 Å². The van der Waals surface area contributed by atoms with E-state index in [0.29, 0.717) is 0 Å². The largest absolute Gasteiger partial charge is 0.415 e. The molecule has 1 rings (SSSR count). The van der Waals surface area contributed by atoms with Crippen molar-refractivity contribution in [3.05, 3.63) is 18.6 Å². The van der Waals surface area contributed by atoms with E-state index in [4.69, 9.17) is 0 Å². The standard InChI is InChI=1S/C5H3F2N2O/c6-5(7)10-4-3-8-1-2-9-4/h2-3,5H. The molecule has 1 heterocycles. The van der Waals surface area contributed by atoms with Gasteiger partial charge in [-0.15, -0.1) is 0 Å². The summed E-state index contributed by atoms with van der Waals surface area (Å²) >= 11 is 0. The van der Waals surface area contributed by atoms with Gasteiger partial charge in [-0.3, -0.25) is 0 Å². The molecule has 1 aromatic rings. The number of halogens is 2. The van der Waals surface area contributed by atoms with Gasteiger partial charge in [0.25, 0.3) is 0 Å². The van der Waals surface area contributed by atoms with Gasteiger partial charge < -0.3 is 4.74 Å². The first kappa shape index (κ1) is 6.85. The molecular weight excluding hydrogens is 142 g/mol. The SMILES string of the molecule is FC(F)Oc1cn[c]cn1. The minimum atomic E-state index is -2.85. The van der Waals surface area contributed by atoms with E-state index < -0.39 is 6.61 Å². The second-order valence-electron chi connectivity index (χ2n) is 1.36. The summed E-state index contributed by atoms with van der Waals surface area (Å²) in [5, 5.41) is 0. The van der Waals surface area contributed by atoms with E-state index in [0.717, 1.165) is 12.4 Å². The van der Waals surface area contributed by atoms with Crippen LogP contribution in [-0.2, 0) is 0 Å². The second-order valence-corrected chi connectivity index (χ2v) is 1.36. The van der Waals surface area contributed by atoms with Crippen molar-refractivity contribution in [3.8, 4) is 5.88 Å². The van der Waals surface area contributed by atoms with Crippen molar-refractivity contribution in [2.24, 2.45) is 0 Å². The molecule has 0 atom stereocenters. The Bertz CT molecular complexity index is 192. The first-order valence-corrected chi connectivity index (χ1v) is 2.42. The fraction of sp³-hybridized carbons (Fsp3) is 0.200. The van der Waals surface area contributed by atoms with Crippen LogP contribution in [0.25, 0.3) is 0 Å². The highest BCUT2D eigenvalue weighted by atomic mass is 19.3. The summed E-state index contributed by atoms with van der Waals surface area (Å²) in [5.41, 5.74) is 0. The average molecular weight is 145 g/mol. The molecule has 0 aliphatic heterocycles. The summed E-state index contributed by atoms with van der Waals surface area (Å²) in [7, 11) is 0. The van der Waals surface area contributed by atoms with Crippen LogP contribution in [0.1, 0.15) is 0 Å². The Morgan fingerprint density at radius 2 is 2.40 bits per heavy atom. The number of hydrogen-bond donors (Lipinski definition) is 0. The molecule has 10 heavy (non-hydrogen) atoms. The minimum Gasteiger partial charge on any atom is -0.415 e. The normalized spacial score (nSPS) is 9.90. The van der Waals surface area contributed by atoms with Crippen LogP contribution in [0.5, 0.6) is 5.88 Å². The molecule has 0 saturated carbocycles. The van der Waals surface area contributed by atoms with Crippen LogP contribution in [0, 0.1) is 6.20 Å². The molecule has 3 nitrogen and oxygen atoms in total. The Hall–Kier alpha value is -1.26. The Balaban J connectivity index is 2.59. The summed E-state index contributed by atoms with van der Waals surface area (Å²) in [5.74, 6) is -0.200. The van der Waals surface area contributed by atoms with Gasteiger partial charge >= 0.3 is 6.61 Å². The molecule has 0 bridgehead atoms. The van der Waals surface area contributed by atoms with E-state index in [1.807, 2.05) is 0 Å². The van der Waals surface area contributed by atoms with E-state index in [1.54, 1.807) is 0 Å². The van der Waals surface area contributed by atoms with Crippen LogP contribution in [0.15, 0.2) is 12.4 Å². The average Bonchev–Trinajstić information content (AvgIpc) is 1.88. The molecule has 0 aromatic carbocycles. The van der Waals surface area contributed by atoms with E-state index in [2.05, 4.69) is 20.9 Å². The number of ether oxygens (including phenoxy) is 1. The van der Waals surface area contributed by atoms with E-state index in [1.165, 1.54) is 0 Å². The predicted molar refractivity (Wildman–Crippen MR) is 27.5 cm³/mol. The monoisotopic (exact) mass is 145 g/mol. The molecule has 5 heteroatoms. The third-order valence-corrected chi connectivity index (χ3v) is 0.709. The van der Waals surface area contributed by atoms with Gasteiger partial charge in [0.1, 0.15) is 6.20 Å². The molecule has 0 N–H and O–H groups in total. The van der Waals surface area contributed by atoms with Crippen LogP contribution in [0.4, 0.5) is 8.78 Å². The molecule has 0 spiro atoms. The third kappa shape index (κ3) is 1.93. The van der Waals surface area contributed by atoms with Gasteiger partial charge in [-0.1, -0.05) is 0 Å². The van der Waals surface area contributed by atoms with Crippen LogP contribution < -0.4 is 4.74 Å². The van der Waals surface area contributed by atoms with Gasteiger partial charge in [0.15, 0.2) is 0 Å². The fourth-order valence-corrected chi connectivity index (χ4v) is 0.404. The number of hydrogen-bond acceptors (Lipinski definition) is 3. The molecule has 1 radical (unpaired) electrons. The molecule has 1 aromatic heterocycles. The second kappa shape index (κ2) is 3.05. The van der Waals surface area contributed by atoms with Crippen LogP contribution in [0.3, 0.4) is 0 Å². The molecule has 0 amide bonds. The third-order valence-electron chi connectivity index (χ3n) is 0.709. The van der Waals surface area contributed by atoms with Crippen molar-refractivity contribution in [2.45, 2.75) is 6.61 Å². The summed E-state index contributed by atoms with van der Waals surface area (Å²) in [6.07, 6.45) is 4.53. The number of aromatic nitrogens is 2. The predicted octanol–water partition coefficient (Wildman–Crippen LogP) is 0.878. The van der Waals surface area contributed by atoms with Gasteiger partial charge in [-0.2, -0.15) is 8.78 Å². The highest BCUT2D eigenvalue weighted by molar-refractivity contribution is 5.00. The van der Waals surface area contributed by atoms with Gasteiger partial charge in [-0.25, -0.2) is 9.97 Å². The zero-order valence-electron chi connectivity index (χ0n) is 4.79. The Morgan fingerprint density at radius 3 is 2.90 bits per heavy atom. The van der Waals surface area contributed by atoms with Crippen LogP contribution in [0.2, 0.25) is 0 Å². The van der Waals surface area contributed by atoms with Crippen LogP contribution >= 0.6 is 0 Å². The van der Waals surface area contributed by atoms with Gasteiger partial charge in [0, 0.05) is 0 Å². The molecule has 0 saturated heterocycles. The Morgan fingerprint density at radius 1 is 1.60 bits per heavy atom. The maximum atomic E-state index is 11.4. The molecule has 0 aliphatic rings. The first-order chi connectivity index (χ1) is 4.79.